The highest BCUT2D eigenvalue weighted by atomic mass is 79.9. The Labute approximate surface area is 169 Å². The molecule has 1 fully saturated rings. The van der Waals surface area contributed by atoms with Crippen LogP contribution in [0.5, 0.6) is 17.2 Å². The third-order valence-electron chi connectivity index (χ3n) is 3.71. The number of halogens is 1. The van der Waals surface area contributed by atoms with Gasteiger partial charge in [0.1, 0.15) is 5.75 Å². The fraction of sp³-hybridized carbons (Fsp3) is 0.158. The van der Waals surface area contributed by atoms with Crippen LogP contribution < -0.4 is 19.5 Å². The van der Waals surface area contributed by atoms with E-state index in [4.69, 9.17) is 14.2 Å². The van der Waals surface area contributed by atoms with Gasteiger partial charge in [-0.15, -0.1) is 0 Å². The molecule has 1 saturated heterocycles. The van der Waals surface area contributed by atoms with Crippen molar-refractivity contribution in [3.8, 4) is 17.2 Å². The van der Waals surface area contributed by atoms with Crippen LogP contribution in [0.3, 0.4) is 0 Å². The van der Waals surface area contributed by atoms with Gasteiger partial charge in [0.05, 0.1) is 31.9 Å². The average Bonchev–Trinajstić information content (AvgIpc) is 3.00. The summed E-state index contributed by atoms with van der Waals surface area (Å²) in [5.41, 5.74) is 1.45. The number of aliphatic imine (C=N–C) groups is 1. The Morgan fingerprint density at radius 2 is 1.81 bits per heavy atom. The van der Waals surface area contributed by atoms with Gasteiger partial charge in [-0.1, -0.05) is 15.9 Å². The first-order chi connectivity index (χ1) is 13.0. The number of hydrogen-bond donors (Lipinski definition) is 1. The third-order valence-corrected chi connectivity index (χ3v) is 5.08. The molecule has 0 saturated carbocycles. The van der Waals surface area contributed by atoms with E-state index >= 15 is 0 Å². The topological polar surface area (TPSA) is 69.2 Å². The molecule has 1 aliphatic heterocycles. The van der Waals surface area contributed by atoms with Gasteiger partial charge in [0.2, 0.25) is 0 Å². The number of ether oxygens (including phenoxy) is 3. The van der Waals surface area contributed by atoms with E-state index in [-0.39, 0.29) is 5.91 Å². The summed E-state index contributed by atoms with van der Waals surface area (Å²) >= 11 is 4.71. The summed E-state index contributed by atoms with van der Waals surface area (Å²) in [6.45, 7) is 0. The standard InChI is InChI=1S/C19H17BrN2O4S/c1-24-14-6-4-13(5-7-14)21-19-22-18(23)16(27-19)9-11-8-12(20)10-15(25-2)17(11)26-3/h4-10H,1-3H3,(H,21,22,23)/b16-9+. The van der Waals surface area contributed by atoms with Crippen LogP contribution in [0.2, 0.25) is 0 Å². The van der Waals surface area contributed by atoms with Gasteiger partial charge in [0.25, 0.3) is 5.91 Å². The Hall–Kier alpha value is -2.45. The average molecular weight is 449 g/mol. The molecular weight excluding hydrogens is 432 g/mol. The van der Waals surface area contributed by atoms with Crippen LogP contribution in [-0.2, 0) is 4.79 Å². The van der Waals surface area contributed by atoms with Gasteiger partial charge in [-0.2, -0.15) is 0 Å². The van der Waals surface area contributed by atoms with E-state index in [1.165, 1.54) is 11.8 Å². The van der Waals surface area contributed by atoms with Crippen molar-refractivity contribution in [3.05, 3.63) is 51.3 Å². The van der Waals surface area contributed by atoms with E-state index in [1.807, 2.05) is 30.3 Å². The van der Waals surface area contributed by atoms with Crippen LogP contribution in [0.25, 0.3) is 6.08 Å². The second-order valence-corrected chi connectivity index (χ2v) is 7.36. The van der Waals surface area contributed by atoms with Gasteiger partial charge in [-0.25, -0.2) is 4.99 Å². The number of amidine groups is 1. The monoisotopic (exact) mass is 448 g/mol. The Morgan fingerprint density at radius 3 is 2.44 bits per heavy atom. The molecule has 0 unspecified atom stereocenters. The fourth-order valence-electron chi connectivity index (χ4n) is 2.46. The van der Waals surface area contributed by atoms with E-state index in [2.05, 4.69) is 26.2 Å². The number of nitrogens with zero attached hydrogens (tertiary/aromatic N) is 1. The molecule has 1 amide bonds. The lowest BCUT2D eigenvalue weighted by atomic mass is 10.1. The molecule has 1 heterocycles. The predicted octanol–water partition coefficient (Wildman–Crippen LogP) is 4.37. The molecule has 0 spiro atoms. The Bertz CT molecular complexity index is 926. The van der Waals surface area contributed by atoms with Crippen LogP contribution in [0.1, 0.15) is 5.56 Å². The van der Waals surface area contributed by atoms with Gasteiger partial charge in [0, 0.05) is 10.0 Å². The number of nitrogens with one attached hydrogen (secondary N) is 1. The second kappa shape index (κ2) is 8.49. The van der Waals surface area contributed by atoms with Crippen molar-refractivity contribution in [1.29, 1.82) is 0 Å². The van der Waals surface area contributed by atoms with Crippen LogP contribution in [-0.4, -0.2) is 32.4 Å². The van der Waals surface area contributed by atoms with Crippen molar-refractivity contribution in [1.82, 2.24) is 5.32 Å². The zero-order valence-corrected chi connectivity index (χ0v) is 17.3. The van der Waals surface area contributed by atoms with Crippen LogP contribution in [0.4, 0.5) is 5.69 Å². The van der Waals surface area contributed by atoms with Crippen molar-refractivity contribution >= 4 is 50.5 Å². The summed E-state index contributed by atoms with van der Waals surface area (Å²) in [6.07, 6.45) is 1.75. The normalized spacial score (nSPS) is 16.5. The predicted molar refractivity (Wildman–Crippen MR) is 111 cm³/mol. The number of amides is 1. The maximum absolute atomic E-state index is 12.3. The first-order valence-corrected chi connectivity index (χ1v) is 9.50. The Balaban J connectivity index is 1.89. The smallest absolute Gasteiger partial charge is 0.264 e. The van der Waals surface area contributed by atoms with Crippen molar-refractivity contribution in [2.45, 2.75) is 0 Å². The Kier molecular flexibility index (Phi) is 6.08. The molecule has 6 nitrogen and oxygen atoms in total. The molecule has 0 bridgehead atoms. The number of benzene rings is 2. The maximum atomic E-state index is 12.3. The third kappa shape index (κ3) is 4.45. The van der Waals surface area contributed by atoms with Gasteiger partial charge in [-0.05, 0) is 54.2 Å². The molecule has 2 aromatic rings. The van der Waals surface area contributed by atoms with E-state index in [0.717, 1.165) is 21.5 Å². The molecule has 3 rings (SSSR count). The molecule has 2 aromatic carbocycles. The van der Waals surface area contributed by atoms with Gasteiger partial charge in [-0.3, -0.25) is 4.79 Å². The van der Waals surface area contributed by atoms with Crippen LogP contribution >= 0.6 is 27.7 Å². The first-order valence-electron chi connectivity index (χ1n) is 7.89. The zero-order chi connectivity index (χ0) is 19.4. The molecule has 8 heteroatoms. The van der Waals surface area contributed by atoms with Crippen molar-refractivity contribution < 1.29 is 19.0 Å². The number of hydrogen-bond acceptors (Lipinski definition) is 6. The van der Waals surface area contributed by atoms with Gasteiger partial charge < -0.3 is 19.5 Å². The minimum atomic E-state index is -0.215. The highest BCUT2D eigenvalue weighted by molar-refractivity contribution is 9.10. The van der Waals surface area contributed by atoms with Gasteiger partial charge in [0.15, 0.2) is 16.7 Å². The first kappa shape index (κ1) is 19.3. The number of rotatable bonds is 5. The molecule has 1 aliphatic rings. The summed E-state index contributed by atoms with van der Waals surface area (Å²) in [7, 11) is 4.74. The SMILES string of the molecule is COc1ccc(N=C2NC(=O)/C(=C\c3cc(Br)cc(OC)c3OC)S2)cc1. The van der Waals surface area contributed by atoms with Crippen LogP contribution in [0.15, 0.2) is 50.8 Å². The van der Waals surface area contributed by atoms with Crippen molar-refractivity contribution in [2.75, 3.05) is 21.3 Å². The number of carbonyl (C=O) groups is 1. The van der Waals surface area contributed by atoms with E-state index in [9.17, 15) is 4.79 Å². The lowest BCUT2D eigenvalue weighted by Crippen LogP contribution is -2.19. The summed E-state index contributed by atoms with van der Waals surface area (Å²) in [5, 5.41) is 3.28. The fourth-order valence-corrected chi connectivity index (χ4v) is 3.75. The minimum absolute atomic E-state index is 0.215. The highest BCUT2D eigenvalue weighted by Crippen LogP contribution is 2.38. The summed E-state index contributed by atoms with van der Waals surface area (Å²) < 4.78 is 16.7. The van der Waals surface area contributed by atoms with Crippen molar-refractivity contribution in [2.24, 2.45) is 4.99 Å². The quantitative estimate of drug-likeness (QED) is 0.687. The summed E-state index contributed by atoms with van der Waals surface area (Å²) in [5.74, 6) is 1.67. The number of carbonyl (C=O) groups excluding carboxylic acids is 1. The lowest BCUT2D eigenvalue weighted by Gasteiger charge is -2.11. The largest absolute Gasteiger partial charge is 0.497 e. The summed E-state index contributed by atoms with van der Waals surface area (Å²) in [6, 6.07) is 10.9. The van der Waals surface area contributed by atoms with E-state index in [1.54, 1.807) is 33.5 Å². The molecule has 0 aliphatic carbocycles. The molecule has 27 heavy (non-hydrogen) atoms. The van der Waals surface area contributed by atoms with Crippen molar-refractivity contribution in [3.63, 3.8) is 0 Å². The van der Waals surface area contributed by atoms with Crippen LogP contribution in [0, 0.1) is 0 Å². The molecule has 1 N–H and O–H groups in total. The minimum Gasteiger partial charge on any atom is -0.497 e. The highest BCUT2D eigenvalue weighted by Gasteiger charge is 2.25. The Morgan fingerprint density at radius 1 is 1.07 bits per heavy atom. The molecule has 0 radical (unpaired) electrons. The molecule has 0 atom stereocenters. The van der Waals surface area contributed by atoms with Gasteiger partial charge >= 0.3 is 0 Å². The molecular formula is C19H17BrN2O4S. The lowest BCUT2D eigenvalue weighted by molar-refractivity contribution is -0.115. The second-order valence-electron chi connectivity index (χ2n) is 5.41. The number of methoxy groups -OCH3 is 3. The molecule has 0 aromatic heterocycles. The van der Waals surface area contributed by atoms with E-state index in [0.29, 0.717) is 21.6 Å². The molecule has 140 valence electrons. The number of thioether (sulfide) groups is 1. The van der Waals surface area contributed by atoms with E-state index < -0.39 is 0 Å². The summed E-state index contributed by atoms with van der Waals surface area (Å²) in [4.78, 5) is 17.3. The maximum Gasteiger partial charge on any atom is 0.264 e. The zero-order valence-electron chi connectivity index (χ0n) is 14.9.